The van der Waals surface area contributed by atoms with E-state index in [-0.39, 0.29) is 11.0 Å². The first kappa shape index (κ1) is 13.3. The van der Waals surface area contributed by atoms with Crippen LogP contribution in [-0.4, -0.2) is 51.1 Å². The fraction of sp³-hybridized carbons (Fsp3) is 0.545. The number of pyridine rings is 1. The number of methoxy groups -OCH3 is 1. The van der Waals surface area contributed by atoms with Gasteiger partial charge >= 0.3 is 0 Å². The van der Waals surface area contributed by atoms with E-state index in [4.69, 9.17) is 4.74 Å². The van der Waals surface area contributed by atoms with Crippen LogP contribution < -0.4 is 5.32 Å². The van der Waals surface area contributed by atoms with Crippen LogP contribution in [0.4, 0.5) is 5.82 Å². The number of hydrogen-bond donors (Lipinski definition) is 1. The third-order valence-corrected chi connectivity index (χ3v) is 4.93. The molecule has 1 saturated heterocycles. The number of rotatable bonds is 4. The summed E-state index contributed by atoms with van der Waals surface area (Å²) in [6.45, 7) is 0.911. The Kier molecular flexibility index (Phi) is 3.84. The number of hydrogen-bond acceptors (Lipinski definition) is 5. The molecular formula is C11H17N3O3S. The second-order valence-electron chi connectivity index (χ2n) is 4.14. The number of anilines is 1. The summed E-state index contributed by atoms with van der Waals surface area (Å²) in [5, 5.41) is 2.83. The molecule has 1 fully saturated rings. The maximum Gasteiger partial charge on any atom is 0.243 e. The number of nitrogens with one attached hydrogen (secondary N) is 1. The SMILES string of the molecule is CNc1cc(S(=O)(=O)N2CCC(OC)C2)ccn1. The molecule has 0 saturated carbocycles. The Labute approximate surface area is 107 Å². The first-order valence-electron chi connectivity index (χ1n) is 5.74. The van der Waals surface area contributed by atoms with Gasteiger partial charge in [-0.25, -0.2) is 13.4 Å². The van der Waals surface area contributed by atoms with E-state index in [1.165, 1.54) is 22.6 Å². The molecule has 1 aliphatic rings. The zero-order valence-corrected chi connectivity index (χ0v) is 11.3. The zero-order chi connectivity index (χ0) is 13.2. The van der Waals surface area contributed by atoms with E-state index >= 15 is 0 Å². The second kappa shape index (κ2) is 5.21. The van der Waals surface area contributed by atoms with Crippen LogP contribution in [0.5, 0.6) is 0 Å². The van der Waals surface area contributed by atoms with Crippen LogP contribution in [0.25, 0.3) is 0 Å². The predicted octanol–water partition coefficient (Wildman–Crippen LogP) is 0.533. The summed E-state index contributed by atoms with van der Waals surface area (Å²) in [7, 11) is -0.134. The van der Waals surface area contributed by atoms with Crippen molar-refractivity contribution in [1.29, 1.82) is 0 Å². The minimum Gasteiger partial charge on any atom is -0.380 e. The minimum absolute atomic E-state index is 0.00890. The fourth-order valence-corrected chi connectivity index (χ4v) is 3.47. The van der Waals surface area contributed by atoms with Crippen molar-refractivity contribution in [3.8, 4) is 0 Å². The molecule has 1 atom stereocenters. The van der Waals surface area contributed by atoms with Gasteiger partial charge in [0.1, 0.15) is 5.82 Å². The predicted molar refractivity (Wildman–Crippen MR) is 68.0 cm³/mol. The van der Waals surface area contributed by atoms with Gasteiger partial charge in [-0.15, -0.1) is 0 Å². The fourth-order valence-electron chi connectivity index (χ4n) is 1.97. The van der Waals surface area contributed by atoms with Gasteiger partial charge in [0.25, 0.3) is 0 Å². The van der Waals surface area contributed by atoms with Gasteiger partial charge in [-0.05, 0) is 12.5 Å². The molecule has 7 heteroatoms. The van der Waals surface area contributed by atoms with Crippen molar-refractivity contribution >= 4 is 15.8 Å². The maximum atomic E-state index is 12.4. The van der Waals surface area contributed by atoms with E-state index in [9.17, 15) is 8.42 Å². The van der Waals surface area contributed by atoms with E-state index in [2.05, 4.69) is 10.3 Å². The molecule has 0 spiro atoms. The summed E-state index contributed by atoms with van der Waals surface area (Å²) >= 11 is 0. The average molecular weight is 271 g/mol. The Morgan fingerprint density at radius 2 is 2.33 bits per heavy atom. The van der Waals surface area contributed by atoms with Crippen LogP contribution in [0.2, 0.25) is 0 Å². The van der Waals surface area contributed by atoms with Gasteiger partial charge in [0, 0.05) is 39.5 Å². The van der Waals surface area contributed by atoms with E-state index in [1.807, 2.05) is 0 Å². The van der Waals surface area contributed by atoms with Gasteiger partial charge in [0.2, 0.25) is 10.0 Å². The third kappa shape index (κ3) is 2.47. The van der Waals surface area contributed by atoms with Crippen molar-refractivity contribution in [2.24, 2.45) is 0 Å². The molecule has 1 aromatic rings. The highest BCUT2D eigenvalue weighted by Crippen LogP contribution is 2.23. The first-order valence-corrected chi connectivity index (χ1v) is 7.18. The summed E-state index contributed by atoms with van der Waals surface area (Å²) < 4.78 is 31.4. The van der Waals surface area contributed by atoms with Gasteiger partial charge < -0.3 is 10.1 Å². The van der Waals surface area contributed by atoms with Crippen LogP contribution in [0.1, 0.15) is 6.42 Å². The molecule has 1 aliphatic heterocycles. The standard InChI is InChI=1S/C11H17N3O3S/c1-12-11-7-10(3-5-13-11)18(15,16)14-6-4-9(8-14)17-2/h3,5,7,9H,4,6,8H2,1-2H3,(H,12,13). The van der Waals surface area contributed by atoms with Crippen molar-refractivity contribution in [2.75, 3.05) is 32.6 Å². The van der Waals surface area contributed by atoms with E-state index in [0.29, 0.717) is 18.9 Å². The first-order chi connectivity index (χ1) is 8.57. The van der Waals surface area contributed by atoms with Crippen LogP contribution in [0.15, 0.2) is 23.2 Å². The molecule has 1 aromatic heterocycles. The molecule has 2 rings (SSSR count). The molecule has 100 valence electrons. The molecule has 1 N–H and O–H groups in total. The Bertz CT molecular complexity index is 518. The maximum absolute atomic E-state index is 12.4. The Morgan fingerprint density at radius 3 is 2.94 bits per heavy atom. The molecule has 0 aromatic carbocycles. The lowest BCUT2D eigenvalue weighted by atomic mass is 10.3. The molecule has 0 aliphatic carbocycles. The second-order valence-corrected chi connectivity index (χ2v) is 6.07. The number of aromatic nitrogens is 1. The Morgan fingerprint density at radius 1 is 1.56 bits per heavy atom. The highest BCUT2D eigenvalue weighted by Gasteiger charge is 2.32. The zero-order valence-electron chi connectivity index (χ0n) is 10.5. The quantitative estimate of drug-likeness (QED) is 0.865. The van der Waals surface area contributed by atoms with Crippen molar-refractivity contribution in [1.82, 2.24) is 9.29 Å². The minimum atomic E-state index is -3.44. The van der Waals surface area contributed by atoms with Crippen LogP contribution in [0, 0.1) is 0 Å². The van der Waals surface area contributed by atoms with Gasteiger partial charge in [-0.1, -0.05) is 0 Å². The van der Waals surface area contributed by atoms with E-state index in [0.717, 1.165) is 6.42 Å². The van der Waals surface area contributed by atoms with Crippen LogP contribution >= 0.6 is 0 Å². The molecule has 0 amide bonds. The van der Waals surface area contributed by atoms with Crippen molar-refractivity contribution in [3.63, 3.8) is 0 Å². The monoisotopic (exact) mass is 271 g/mol. The van der Waals surface area contributed by atoms with Gasteiger partial charge in [-0.3, -0.25) is 0 Å². The van der Waals surface area contributed by atoms with Crippen molar-refractivity contribution in [2.45, 2.75) is 17.4 Å². The lowest BCUT2D eigenvalue weighted by molar-refractivity contribution is 0.115. The average Bonchev–Trinajstić information content (AvgIpc) is 2.88. The van der Waals surface area contributed by atoms with Gasteiger partial charge in [0.15, 0.2) is 0 Å². The molecule has 2 heterocycles. The number of nitrogens with zero attached hydrogens (tertiary/aromatic N) is 2. The summed E-state index contributed by atoms with van der Waals surface area (Å²) in [6, 6.07) is 3.05. The third-order valence-electron chi connectivity index (χ3n) is 3.07. The summed E-state index contributed by atoms with van der Waals surface area (Å²) in [6.07, 6.45) is 2.22. The lowest BCUT2D eigenvalue weighted by Gasteiger charge is -2.16. The summed E-state index contributed by atoms with van der Waals surface area (Å²) in [4.78, 5) is 4.27. The topological polar surface area (TPSA) is 71.5 Å². The summed E-state index contributed by atoms with van der Waals surface area (Å²) in [5.41, 5.74) is 0. The smallest absolute Gasteiger partial charge is 0.243 e. The largest absolute Gasteiger partial charge is 0.380 e. The number of sulfonamides is 1. The van der Waals surface area contributed by atoms with Crippen LogP contribution in [0.3, 0.4) is 0 Å². The van der Waals surface area contributed by atoms with Gasteiger partial charge in [-0.2, -0.15) is 4.31 Å². The molecular weight excluding hydrogens is 254 g/mol. The van der Waals surface area contributed by atoms with E-state index < -0.39 is 10.0 Å². The highest BCUT2D eigenvalue weighted by molar-refractivity contribution is 7.89. The lowest BCUT2D eigenvalue weighted by Crippen LogP contribution is -2.30. The normalized spacial score (nSPS) is 21.1. The van der Waals surface area contributed by atoms with Crippen molar-refractivity contribution in [3.05, 3.63) is 18.3 Å². The number of ether oxygens (including phenoxy) is 1. The van der Waals surface area contributed by atoms with Crippen molar-refractivity contribution < 1.29 is 13.2 Å². The Hall–Kier alpha value is -1.18. The highest BCUT2D eigenvalue weighted by atomic mass is 32.2. The summed E-state index contributed by atoms with van der Waals surface area (Å²) in [5.74, 6) is 0.540. The molecule has 18 heavy (non-hydrogen) atoms. The van der Waals surface area contributed by atoms with Crippen LogP contribution in [-0.2, 0) is 14.8 Å². The molecule has 6 nitrogen and oxygen atoms in total. The van der Waals surface area contributed by atoms with Gasteiger partial charge in [0.05, 0.1) is 11.0 Å². The molecule has 0 radical (unpaired) electrons. The van der Waals surface area contributed by atoms with E-state index in [1.54, 1.807) is 14.2 Å². The Balaban J connectivity index is 2.25. The molecule has 1 unspecified atom stereocenters. The molecule has 0 bridgehead atoms.